The lowest BCUT2D eigenvalue weighted by atomic mass is 10.2. The first-order valence-corrected chi connectivity index (χ1v) is 7.52. The van der Waals surface area contributed by atoms with Gasteiger partial charge in [-0.2, -0.15) is 5.10 Å². The molecule has 0 atom stereocenters. The van der Waals surface area contributed by atoms with Gasteiger partial charge < -0.3 is 5.32 Å². The molecule has 0 unspecified atom stereocenters. The van der Waals surface area contributed by atoms with Gasteiger partial charge in [-0.25, -0.2) is 9.07 Å². The van der Waals surface area contributed by atoms with E-state index in [1.54, 1.807) is 16.8 Å². The summed E-state index contributed by atoms with van der Waals surface area (Å²) in [6, 6.07) is 6.40. The van der Waals surface area contributed by atoms with Crippen LogP contribution in [0.15, 0.2) is 24.3 Å². The number of hydrogen-bond acceptors (Lipinski definition) is 2. The van der Waals surface area contributed by atoms with E-state index in [1.807, 2.05) is 6.92 Å². The summed E-state index contributed by atoms with van der Waals surface area (Å²) in [4.78, 5) is 0. The molecular weight excluding hydrogens is 289 g/mol. The molecule has 0 aliphatic heterocycles. The lowest BCUT2D eigenvalue weighted by Gasteiger charge is -2.07. The zero-order chi connectivity index (χ0) is 15.4. The first-order chi connectivity index (χ1) is 9.97. The van der Waals surface area contributed by atoms with E-state index in [-0.39, 0.29) is 5.82 Å². The zero-order valence-corrected chi connectivity index (χ0v) is 13.4. The Morgan fingerprint density at radius 3 is 2.57 bits per heavy atom. The molecular formula is C16H21ClFN3. The van der Waals surface area contributed by atoms with Gasteiger partial charge in [0.1, 0.15) is 11.0 Å². The molecule has 21 heavy (non-hydrogen) atoms. The van der Waals surface area contributed by atoms with Crippen molar-refractivity contribution in [1.82, 2.24) is 15.1 Å². The summed E-state index contributed by atoms with van der Waals surface area (Å²) in [6.45, 7) is 8.49. The second kappa shape index (κ2) is 7.05. The molecule has 5 heteroatoms. The molecule has 0 fully saturated rings. The van der Waals surface area contributed by atoms with Crippen LogP contribution in [0.1, 0.15) is 30.7 Å². The highest BCUT2D eigenvalue weighted by Gasteiger charge is 2.13. The average Bonchev–Trinajstić information content (AvgIpc) is 2.68. The van der Waals surface area contributed by atoms with Gasteiger partial charge in [0.2, 0.25) is 0 Å². The average molecular weight is 310 g/mol. The maximum atomic E-state index is 12.9. The maximum absolute atomic E-state index is 12.9. The third kappa shape index (κ3) is 4.29. The minimum absolute atomic E-state index is 0.236. The zero-order valence-electron chi connectivity index (χ0n) is 12.7. The van der Waals surface area contributed by atoms with E-state index >= 15 is 0 Å². The maximum Gasteiger partial charge on any atom is 0.132 e. The number of aromatic nitrogens is 2. The molecule has 0 bridgehead atoms. The Balaban J connectivity index is 2.09. The summed E-state index contributed by atoms with van der Waals surface area (Å²) in [5.41, 5.74) is 2.93. The van der Waals surface area contributed by atoms with Crippen LogP contribution < -0.4 is 5.32 Å². The Kier molecular flexibility index (Phi) is 5.37. The third-order valence-corrected chi connectivity index (χ3v) is 3.71. The fourth-order valence-corrected chi connectivity index (χ4v) is 2.45. The van der Waals surface area contributed by atoms with Crippen molar-refractivity contribution in [3.63, 3.8) is 0 Å². The van der Waals surface area contributed by atoms with Crippen LogP contribution in [-0.2, 0) is 13.1 Å². The first-order valence-electron chi connectivity index (χ1n) is 7.14. The molecule has 0 aliphatic rings. The van der Waals surface area contributed by atoms with Crippen LogP contribution in [0.4, 0.5) is 4.39 Å². The van der Waals surface area contributed by atoms with Crippen LogP contribution in [0.5, 0.6) is 0 Å². The molecule has 0 saturated carbocycles. The summed E-state index contributed by atoms with van der Waals surface area (Å²) in [7, 11) is 0. The van der Waals surface area contributed by atoms with Crippen molar-refractivity contribution >= 4 is 11.6 Å². The van der Waals surface area contributed by atoms with Crippen LogP contribution in [0.2, 0.25) is 5.15 Å². The van der Waals surface area contributed by atoms with Gasteiger partial charge in [-0.3, -0.25) is 0 Å². The van der Waals surface area contributed by atoms with Crippen molar-refractivity contribution in [2.45, 2.75) is 33.9 Å². The predicted molar refractivity (Wildman–Crippen MR) is 84.0 cm³/mol. The first kappa shape index (κ1) is 16.0. The van der Waals surface area contributed by atoms with Crippen molar-refractivity contribution in [3.8, 4) is 0 Å². The van der Waals surface area contributed by atoms with Gasteiger partial charge in [-0.1, -0.05) is 37.6 Å². The number of nitrogens with one attached hydrogen (secondary N) is 1. The third-order valence-electron chi connectivity index (χ3n) is 3.28. The van der Waals surface area contributed by atoms with Gasteiger partial charge in [0.15, 0.2) is 0 Å². The Morgan fingerprint density at radius 2 is 1.95 bits per heavy atom. The number of nitrogens with zero attached hydrogens (tertiary/aromatic N) is 2. The second-order valence-electron chi connectivity index (χ2n) is 5.66. The van der Waals surface area contributed by atoms with Crippen molar-refractivity contribution in [1.29, 1.82) is 0 Å². The quantitative estimate of drug-likeness (QED) is 0.880. The summed E-state index contributed by atoms with van der Waals surface area (Å²) in [6.07, 6.45) is 0. The minimum atomic E-state index is -0.236. The molecule has 0 saturated heterocycles. The van der Waals surface area contributed by atoms with E-state index in [4.69, 9.17) is 11.6 Å². The number of benzene rings is 1. The summed E-state index contributed by atoms with van der Waals surface area (Å²) >= 11 is 6.41. The molecule has 1 N–H and O–H groups in total. The van der Waals surface area contributed by atoms with Crippen molar-refractivity contribution in [2.75, 3.05) is 6.54 Å². The summed E-state index contributed by atoms with van der Waals surface area (Å²) < 4.78 is 14.7. The van der Waals surface area contributed by atoms with Gasteiger partial charge >= 0.3 is 0 Å². The molecule has 0 radical (unpaired) electrons. The summed E-state index contributed by atoms with van der Waals surface area (Å²) in [5, 5.41) is 8.50. The van der Waals surface area contributed by atoms with Crippen LogP contribution in [0.3, 0.4) is 0 Å². The van der Waals surface area contributed by atoms with Gasteiger partial charge in [0.05, 0.1) is 12.2 Å². The van der Waals surface area contributed by atoms with Gasteiger partial charge in [0.25, 0.3) is 0 Å². The van der Waals surface area contributed by atoms with Crippen molar-refractivity contribution in [2.24, 2.45) is 5.92 Å². The SMILES string of the molecule is Cc1nn(Cc2ccc(F)cc2)c(Cl)c1CNCC(C)C. The van der Waals surface area contributed by atoms with Gasteiger partial charge in [-0.15, -0.1) is 0 Å². The predicted octanol–water partition coefficient (Wildman–Crippen LogP) is 3.78. The molecule has 3 nitrogen and oxygen atoms in total. The van der Waals surface area contributed by atoms with Crippen LogP contribution in [-0.4, -0.2) is 16.3 Å². The molecule has 1 aromatic carbocycles. The lowest BCUT2D eigenvalue weighted by Crippen LogP contribution is -2.19. The van der Waals surface area contributed by atoms with E-state index in [1.165, 1.54) is 12.1 Å². The molecule has 1 aromatic heterocycles. The molecule has 2 aromatic rings. The monoisotopic (exact) mass is 309 g/mol. The normalized spacial score (nSPS) is 11.3. The highest BCUT2D eigenvalue weighted by atomic mass is 35.5. The van der Waals surface area contributed by atoms with Crippen molar-refractivity contribution in [3.05, 3.63) is 52.1 Å². The number of hydrogen-bond donors (Lipinski definition) is 1. The Labute approximate surface area is 130 Å². The van der Waals surface area contributed by atoms with E-state index < -0.39 is 0 Å². The Morgan fingerprint density at radius 1 is 1.29 bits per heavy atom. The standard InChI is InChI=1S/C16H21ClFN3/c1-11(2)8-19-9-15-12(3)20-21(16(15)17)10-13-4-6-14(18)7-5-13/h4-7,11,19H,8-10H2,1-3H3. The largest absolute Gasteiger partial charge is 0.312 e. The van der Waals surface area contributed by atoms with E-state index in [0.29, 0.717) is 24.2 Å². The van der Waals surface area contributed by atoms with Crippen LogP contribution >= 0.6 is 11.6 Å². The van der Waals surface area contributed by atoms with E-state index in [2.05, 4.69) is 24.3 Å². The highest BCUT2D eigenvalue weighted by molar-refractivity contribution is 6.30. The van der Waals surface area contributed by atoms with E-state index in [0.717, 1.165) is 23.4 Å². The second-order valence-corrected chi connectivity index (χ2v) is 6.02. The van der Waals surface area contributed by atoms with Crippen LogP contribution in [0, 0.1) is 18.7 Å². The number of halogens is 2. The molecule has 1 heterocycles. The number of aryl methyl sites for hydroxylation is 1. The Bertz CT molecular complexity index is 590. The molecule has 114 valence electrons. The lowest BCUT2D eigenvalue weighted by molar-refractivity contribution is 0.551. The smallest absolute Gasteiger partial charge is 0.132 e. The fourth-order valence-electron chi connectivity index (χ4n) is 2.14. The molecule has 0 aliphatic carbocycles. The van der Waals surface area contributed by atoms with Gasteiger partial charge in [0, 0.05) is 12.1 Å². The van der Waals surface area contributed by atoms with E-state index in [9.17, 15) is 4.39 Å². The summed E-state index contributed by atoms with van der Waals surface area (Å²) in [5.74, 6) is 0.360. The molecule has 0 spiro atoms. The Hall–Kier alpha value is -1.39. The van der Waals surface area contributed by atoms with Gasteiger partial charge in [-0.05, 0) is 37.1 Å². The highest BCUT2D eigenvalue weighted by Crippen LogP contribution is 2.21. The topological polar surface area (TPSA) is 29.9 Å². The van der Waals surface area contributed by atoms with Crippen molar-refractivity contribution < 1.29 is 4.39 Å². The van der Waals surface area contributed by atoms with Crippen LogP contribution in [0.25, 0.3) is 0 Å². The number of rotatable bonds is 6. The minimum Gasteiger partial charge on any atom is -0.312 e. The molecule has 2 rings (SSSR count). The fraction of sp³-hybridized carbons (Fsp3) is 0.438. The molecule has 0 amide bonds.